The van der Waals surface area contributed by atoms with Crippen LogP contribution in [0.4, 0.5) is 0 Å². The molecule has 0 saturated carbocycles. The molecule has 0 aliphatic rings. The van der Waals surface area contributed by atoms with Crippen LogP contribution in [-0.4, -0.2) is 11.1 Å². The molecule has 76 valence electrons. The van der Waals surface area contributed by atoms with Crippen LogP contribution in [0.2, 0.25) is 0 Å². The van der Waals surface area contributed by atoms with E-state index in [0.29, 0.717) is 11.6 Å². The Morgan fingerprint density at radius 2 is 1.93 bits per heavy atom. The third-order valence-corrected chi connectivity index (χ3v) is 2.06. The first-order chi connectivity index (χ1) is 6.59. The van der Waals surface area contributed by atoms with E-state index in [4.69, 9.17) is 22.7 Å². The number of hydrogen-bond donors (Lipinski definition) is 1. The third-order valence-electron chi connectivity index (χ3n) is 1.82. The second-order valence-corrected chi connectivity index (χ2v) is 3.86. The zero-order chi connectivity index (χ0) is 10.6. The van der Waals surface area contributed by atoms with Gasteiger partial charge in [-0.1, -0.05) is 36.5 Å². The lowest BCUT2D eigenvalue weighted by molar-refractivity contribution is 0.0657. The summed E-state index contributed by atoms with van der Waals surface area (Å²) >= 11 is 4.86. The van der Waals surface area contributed by atoms with Crippen LogP contribution in [0.25, 0.3) is 0 Å². The molecule has 3 heteroatoms. The van der Waals surface area contributed by atoms with Crippen molar-refractivity contribution < 1.29 is 4.74 Å². The van der Waals surface area contributed by atoms with Gasteiger partial charge in [0.15, 0.2) is 0 Å². The van der Waals surface area contributed by atoms with E-state index in [0.717, 1.165) is 11.1 Å². The van der Waals surface area contributed by atoms with E-state index < -0.39 is 0 Å². The van der Waals surface area contributed by atoms with Crippen LogP contribution in [0.5, 0.6) is 0 Å². The minimum Gasteiger partial charge on any atom is -0.389 e. The topological polar surface area (TPSA) is 35.2 Å². The maximum absolute atomic E-state index is 5.49. The van der Waals surface area contributed by atoms with Gasteiger partial charge in [0.05, 0.1) is 12.7 Å². The molecule has 0 radical (unpaired) electrons. The van der Waals surface area contributed by atoms with Gasteiger partial charge in [-0.05, 0) is 19.4 Å². The van der Waals surface area contributed by atoms with Crippen molar-refractivity contribution in [1.82, 2.24) is 0 Å². The van der Waals surface area contributed by atoms with Crippen molar-refractivity contribution in [3.05, 3.63) is 35.4 Å². The molecule has 0 aromatic heterocycles. The van der Waals surface area contributed by atoms with Crippen LogP contribution in [0.15, 0.2) is 24.3 Å². The molecule has 0 heterocycles. The Morgan fingerprint density at radius 3 is 2.36 bits per heavy atom. The van der Waals surface area contributed by atoms with Gasteiger partial charge in [0.25, 0.3) is 0 Å². The van der Waals surface area contributed by atoms with Crippen molar-refractivity contribution in [3.8, 4) is 0 Å². The Labute approximate surface area is 90.1 Å². The summed E-state index contributed by atoms with van der Waals surface area (Å²) in [4.78, 5) is 0.432. The van der Waals surface area contributed by atoms with Crippen LogP contribution in [0, 0.1) is 0 Å². The molecule has 0 amide bonds. The van der Waals surface area contributed by atoms with Gasteiger partial charge in [0.2, 0.25) is 0 Å². The standard InChI is InChI=1S/C11H15NOS/c1-8(2)13-7-9-3-5-10(6-4-9)11(12)14/h3-6,8H,7H2,1-2H3,(H2,12,14). The first-order valence-corrected chi connectivity index (χ1v) is 5.01. The monoisotopic (exact) mass is 209 g/mol. The molecule has 14 heavy (non-hydrogen) atoms. The third kappa shape index (κ3) is 3.44. The first kappa shape index (κ1) is 11.1. The summed E-state index contributed by atoms with van der Waals surface area (Å²) in [5, 5.41) is 0. The fraction of sp³-hybridized carbons (Fsp3) is 0.364. The van der Waals surface area contributed by atoms with E-state index in [1.165, 1.54) is 0 Å². The Balaban J connectivity index is 2.60. The summed E-state index contributed by atoms with van der Waals surface area (Å²) in [6.07, 6.45) is 0.255. The molecule has 0 spiro atoms. The minimum atomic E-state index is 0.255. The van der Waals surface area contributed by atoms with Crippen molar-refractivity contribution in [2.75, 3.05) is 0 Å². The molecule has 1 aromatic rings. The van der Waals surface area contributed by atoms with Gasteiger partial charge in [-0.3, -0.25) is 0 Å². The van der Waals surface area contributed by atoms with Gasteiger partial charge in [-0.15, -0.1) is 0 Å². The smallest absolute Gasteiger partial charge is 0.103 e. The molecular weight excluding hydrogens is 194 g/mol. The van der Waals surface area contributed by atoms with E-state index in [1.54, 1.807) is 0 Å². The molecule has 0 aliphatic heterocycles. The van der Waals surface area contributed by atoms with Crippen molar-refractivity contribution in [1.29, 1.82) is 0 Å². The molecule has 0 saturated heterocycles. The van der Waals surface area contributed by atoms with E-state index in [2.05, 4.69) is 0 Å². The average Bonchev–Trinajstić information content (AvgIpc) is 2.15. The van der Waals surface area contributed by atoms with E-state index in [-0.39, 0.29) is 6.10 Å². The number of thiocarbonyl (C=S) groups is 1. The van der Waals surface area contributed by atoms with Gasteiger partial charge < -0.3 is 10.5 Å². The number of hydrogen-bond acceptors (Lipinski definition) is 2. The molecule has 0 atom stereocenters. The number of ether oxygens (including phenoxy) is 1. The lowest BCUT2D eigenvalue weighted by atomic mass is 10.1. The maximum atomic E-state index is 5.49. The molecule has 0 bridgehead atoms. The molecule has 0 aliphatic carbocycles. The summed E-state index contributed by atoms with van der Waals surface area (Å²) in [5.74, 6) is 0. The van der Waals surface area contributed by atoms with Crippen molar-refractivity contribution in [2.45, 2.75) is 26.6 Å². The van der Waals surface area contributed by atoms with Gasteiger partial charge in [-0.2, -0.15) is 0 Å². The molecule has 0 unspecified atom stereocenters. The summed E-state index contributed by atoms with van der Waals surface area (Å²) in [6, 6.07) is 7.80. The van der Waals surface area contributed by atoms with Gasteiger partial charge in [0.1, 0.15) is 4.99 Å². The number of rotatable bonds is 4. The molecular formula is C11H15NOS. The minimum absolute atomic E-state index is 0.255. The van der Waals surface area contributed by atoms with Gasteiger partial charge >= 0.3 is 0 Å². The van der Waals surface area contributed by atoms with Gasteiger partial charge in [0, 0.05) is 5.56 Å². The zero-order valence-electron chi connectivity index (χ0n) is 8.49. The second kappa shape index (κ2) is 5.08. The average molecular weight is 209 g/mol. The van der Waals surface area contributed by atoms with Crippen molar-refractivity contribution >= 4 is 17.2 Å². The lowest BCUT2D eigenvalue weighted by Crippen LogP contribution is -2.09. The van der Waals surface area contributed by atoms with Crippen LogP contribution >= 0.6 is 12.2 Å². The first-order valence-electron chi connectivity index (χ1n) is 4.60. The highest BCUT2D eigenvalue weighted by molar-refractivity contribution is 7.80. The lowest BCUT2D eigenvalue weighted by Gasteiger charge is -2.07. The van der Waals surface area contributed by atoms with Crippen LogP contribution < -0.4 is 5.73 Å². The summed E-state index contributed by atoms with van der Waals surface area (Å²) in [6.45, 7) is 4.67. The molecule has 1 aromatic carbocycles. The second-order valence-electron chi connectivity index (χ2n) is 3.42. The summed E-state index contributed by atoms with van der Waals surface area (Å²) in [5.41, 5.74) is 7.52. The Kier molecular flexibility index (Phi) is 4.04. The fourth-order valence-corrected chi connectivity index (χ4v) is 1.16. The summed E-state index contributed by atoms with van der Waals surface area (Å²) < 4.78 is 5.46. The quantitative estimate of drug-likeness (QED) is 0.772. The van der Waals surface area contributed by atoms with Crippen molar-refractivity contribution in [3.63, 3.8) is 0 Å². The highest BCUT2D eigenvalue weighted by Crippen LogP contribution is 2.06. The number of nitrogens with two attached hydrogens (primary N) is 1. The number of benzene rings is 1. The Morgan fingerprint density at radius 1 is 1.36 bits per heavy atom. The fourth-order valence-electron chi connectivity index (χ4n) is 1.03. The molecule has 2 N–H and O–H groups in total. The normalized spacial score (nSPS) is 10.5. The van der Waals surface area contributed by atoms with Gasteiger partial charge in [-0.25, -0.2) is 0 Å². The van der Waals surface area contributed by atoms with Crippen LogP contribution in [0.1, 0.15) is 25.0 Å². The van der Waals surface area contributed by atoms with E-state index in [1.807, 2.05) is 38.1 Å². The Hall–Kier alpha value is -0.930. The van der Waals surface area contributed by atoms with E-state index in [9.17, 15) is 0 Å². The highest BCUT2D eigenvalue weighted by Gasteiger charge is 1.98. The van der Waals surface area contributed by atoms with Crippen LogP contribution in [-0.2, 0) is 11.3 Å². The predicted molar refractivity (Wildman–Crippen MR) is 62.3 cm³/mol. The zero-order valence-corrected chi connectivity index (χ0v) is 9.30. The van der Waals surface area contributed by atoms with Crippen molar-refractivity contribution in [2.24, 2.45) is 5.73 Å². The highest BCUT2D eigenvalue weighted by atomic mass is 32.1. The molecule has 0 fully saturated rings. The van der Waals surface area contributed by atoms with Crippen LogP contribution in [0.3, 0.4) is 0 Å². The summed E-state index contributed by atoms with van der Waals surface area (Å²) in [7, 11) is 0. The maximum Gasteiger partial charge on any atom is 0.103 e. The Bertz CT molecular complexity index is 306. The molecule has 2 nitrogen and oxygen atoms in total. The SMILES string of the molecule is CC(C)OCc1ccc(C(N)=S)cc1. The predicted octanol–water partition coefficient (Wildman–Crippen LogP) is 2.25. The van der Waals surface area contributed by atoms with E-state index >= 15 is 0 Å². The largest absolute Gasteiger partial charge is 0.389 e. The molecule has 1 rings (SSSR count).